The van der Waals surface area contributed by atoms with Gasteiger partial charge in [0.05, 0.1) is 6.42 Å². The summed E-state index contributed by atoms with van der Waals surface area (Å²) in [7, 11) is 0. The Morgan fingerprint density at radius 1 is 1.12 bits per heavy atom. The van der Waals surface area contributed by atoms with E-state index in [0.717, 1.165) is 6.07 Å². The maximum absolute atomic E-state index is 12.3. The maximum atomic E-state index is 12.3. The quantitative estimate of drug-likeness (QED) is 0.421. The Hall–Kier alpha value is -2.57. The molecule has 0 heterocycles. The molecule has 0 bridgehead atoms. The van der Waals surface area contributed by atoms with Crippen molar-refractivity contribution in [3.8, 4) is 11.5 Å². The molecule has 0 unspecified atom stereocenters. The monoisotopic (exact) mass is 335 g/mol. The van der Waals surface area contributed by atoms with Gasteiger partial charge < -0.3 is 15.1 Å². The van der Waals surface area contributed by atoms with E-state index < -0.39 is 5.91 Å². The van der Waals surface area contributed by atoms with Crippen molar-refractivity contribution in [3.05, 3.63) is 23.8 Å². The molecule has 7 nitrogen and oxygen atoms in total. The number of hydrazone groups is 1. The third-order valence-electron chi connectivity index (χ3n) is 3.39. The summed E-state index contributed by atoms with van der Waals surface area (Å²) in [6.07, 6.45) is 0.109. The van der Waals surface area contributed by atoms with Gasteiger partial charge in [-0.1, -0.05) is 0 Å². The van der Waals surface area contributed by atoms with Crippen LogP contribution < -0.4 is 5.43 Å². The fraction of sp³-hybridized carbons (Fsp3) is 0.471. The smallest absolute Gasteiger partial charge is 0.271 e. The number of hydrogen-bond acceptors (Lipinski definition) is 5. The van der Waals surface area contributed by atoms with E-state index in [1.54, 1.807) is 11.8 Å². The minimum atomic E-state index is -0.540. The van der Waals surface area contributed by atoms with Crippen LogP contribution in [0.1, 0.15) is 51.4 Å². The zero-order valence-corrected chi connectivity index (χ0v) is 14.7. The predicted molar refractivity (Wildman–Crippen MR) is 92.1 cm³/mol. The molecule has 1 aromatic rings. The molecule has 3 N–H and O–H groups in total. The van der Waals surface area contributed by atoms with E-state index in [-0.39, 0.29) is 41.5 Å². The van der Waals surface area contributed by atoms with Gasteiger partial charge in [0.2, 0.25) is 5.91 Å². The van der Waals surface area contributed by atoms with Crippen LogP contribution in [0.2, 0.25) is 0 Å². The van der Waals surface area contributed by atoms with Gasteiger partial charge in [0.15, 0.2) is 11.5 Å². The second-order valence-electron chi connectivity index (χ2n) is 6.16. The van der Waals surface area contributed by atoms with Gasteiger partial charge in [-0.3, -0.25) is 9.59 Å². The van der Waals surface area contributed by atoms with Crippen molar-refractivity contribution in [2.75, 3.05) is 0 Å². The lowest BCUT2D eigenvalue weighted by Gasteiger charge is -2.30. The average molecular weight is 335 g/mol. The van der Waals surface area contributed by atoms with E-state index in [9.17, 15) is 19.8 Å². The molecular weight excluding hydrogens is 310 g/mol. The Kier molecular flexibility index (Phi) is 6.76. The number of aromatic hydroxyl groups is 2. The highest BCUT2D eigenvalue weighted by molar-refractivity contribution is 6.01. The van der Waals surface area contributed by atoms with Crippen molar-refractivity contribution in [3.63, 3.8) is 0 Å². The van der Waals surface area contributed by atoms with Gasteiger partial charge in [0, 0.05) is 23.4 Å². The Labute approximate surface area is 142 Å². The van der Waals surface area contributed by atoms with Crippen LogP contribution in [-0.2, 0) is 4.79 Å². The topological polar surface area (TPSA) is 102 Å². The van der Waals surface area contributed by atoms with Crippen molar-refractivity contribution in [1.29, 1.82) is 0 Å². The average Bonchev–Trinajstić information content (AvgIpc) is 2.46. The van der Waals surface area contributed by atoms with Crippen LogP contribution in [0.25, 0.3) is 0 Å². The SMILES string of the molecule is C/C(CC(=O)N(C(C)C)C(C)C)=N\NC(=O)c1ccc(O)c(O)c1. The number of phenols is 2. The van der Waals surface area contributed by atoms with Gasteiger partial charge in [-0.2, -0.15) is 5.10 Å². The van der Waals surface area contributed by atoms with Crippen LogP contribution in [0.15, 0.2) is 23.3 Å². The molecule has 24 heavy (non-hydrogen) atoms. The van der Waals surface area contributed by atoms with Crippen molar-refractivity contribution in [2.45, 2.75) is 53.1 Å². The summed E-state index contributed by atoms with van der Waals surface area (Å²) in [4.78, 5) is 26.0. The fourth-order valence-electron chi connectivity index (χ4n) is 2.40. The van der Waals surface area contributed by atoms with Crippen molar-refractivity contribution < 1.29 is 19.8 Å². The zero-order valence-electron chi connectivity index (χ0n) is 14.7. The normalized spacial score (nSPS) is 11.7. The molecule has 2 amide bonds. The molecule has 0 aromatic heterocycles. The number of nitrogens with one attached hydrogen (secondary N) is 1. The molecule has 1 aromatic carbocycles. The molecule has 0 saturated carbocycles. The van der Waals surface area contributed by atoms with Crippen molar-refractivity contribution in [2.24, 2.45) is 5.10 Å². The number of hydrogen-bond donors (Lipinski definition) is 3. The molecular formula is C17H25N3O4. The largest absolute Gasteiger partial charge is 0.504 e. The van der Waals surface area contributed by atoms with Gasteiger partial charge in [0.1, 0.15) is 0 Å². The molecule has 7 heteroatoms. The molecule has 132 valence electrons. The summed E-state index contributed by atoms with van der Waals surface area (Å²) in [6, 6.07) is 3.88. The first kappa shape index (κ1) is 19.5. The minimum absolute atomic E-state index is 0.0576. The lowest BCUT2D eigenvalue weighted by atomic mass is 10.2. The molecule has 0 fully saturated rings. The number of carbonyl (C=O) groups is 2. The highest BCUT2D eigenvalue weighted by atomic mass is 16.3. The zero-order chi connectivity index (χ0) is 18.4. The molecule has 0 aliphatic carbocycles. The Morgan fingerprint density at radius 3 is 2.21 bits per heavy atom. The summed E-state index contributed by atoms with van der Waals surface area (Å²) in [5.41, 5.74) is 2.96. The third-order valence-corrected chi connectivity index (χ3v) is 3.39. The van der Waals surface area contributed by atoms with Crippen molar-refractivity contribution >= 4 is 17.5 Å². The second-order valence-corrected chi connectivity index (χ2v) is 6.16. The molecule has 0 spiro atoms. The predicted octanol–water partition coefficient (Wildman–Crippen LogP) is 2.24. The van der Waals surface area contributed by atoms with Crippen LogP contribution >= 0.6 is 0 Å². The van der Waals surface area contributed by atoms with Gasteiger partial charge in [-0.15, -0.1) is 0 Å². The van der Waals surface area contributed by atoms with Crippen LogP contribution in [0.3, 0.4) is 0 Å². The molecule has 0 saturated heterocycles. The van der Waals surface area contributed by atoms with Crippen LogP contribution in [0.4, 0.5) is 0 Å². The van der Waals surface area contributed by atoms with Crippen molar-refractivity contribution in [1.82, 2.24) is 10.3 Å². The van der Waals surface area contributed by atoms with Crippen LogP contribution in [0.5, 0.6) is 11.5 Å². The standard InChI is InChI=1S/C17H25N3O4/c1-10(2)20(11(3)4)16(23)8-12(5)18-19-17(24)13-6-7-14(21)15(22)9-13/h6-7,9-11,21-22H,8H2,1-5H3,(H,19,24)/b18-12+. The lowest BCUT2D eigenvalue weighted by Crippen LogP contribution is -2.42. The van der Waals surface area contributed by atoms with Crippen LogP contribution in [0, 0.1) is 0 Å². The highest BCUT2D eigenvalue weighted by Crippen LogP contribution is 2.24. The molecule has 1 rings (SSSR count). The number of carbonyl (C=O) groups excluding carboxylic acids is 2. The van der Waals surface area contributed by atoms with Gasteiger partial charge >= 0.3 is 0 Å². The summed E-state index contributed by atoms with van der Waals surface area (Å²) in [5, 5.41) is 22.5. The number of phenolic OH excluding ortho intramolecular Hbond substituents is 2. The second kappa shape index (κ2) is 8.33. The van der Waals surface area contributed by atoms with Gasteiger partial charge in [0.25, 0.3) is 5.91 Å². The first-order chi connectivity index (χ1) is 11.1. The summed E-state index contributed by atoms with van der Waals surface area (Å²) in [5.74, 6) is -1.29. The first-order valence-corrected chi connectivity index (χ1v) is 7.80. The van der Waals surface area contributed by atoms with E-state index in [0.29, 0.717) is 5.71 Å². The third kappa shape index (κ3) is 5.26. The number of amides is 2. The minimum Gasteiger partial charge on any atom is -0.504 e. The van der Waals surface area contributed by atoms with Crippen LogP contribution in [-0.4, -0.2) is 44.7 Å². The molecule has 0 radical (unpaired) electrons. The number of rotatable bonds is 6. The molecule has 0 atom stereocenters. The van der Waals surface area contributed by atoms with E-state index in [1.807, 2.05) is 27.7 Å². The van der Waals surface area contributed by atoms with E-state index >= 15 is 0 Å². The van der Waals surface area contributed by atoms with E-state index in [4.69, 9.17) is 0 Å². The Bertz CT molecular complexity index is 631. The highest BCUT2D eigenvalue weighted by Gasteiger charge is 2.20. The molecule has 0 aliphatic heterocycles. The van der Waals surface area contributed by atoms with Gasteiger partial charge in [-0.05, 0) is 52.8 Å². The van der Waals surface area contributed by atoms with E-state index in [2.05, 4.69) is 10.5 Å². The number of nitrogens with zero attached hydrogens (tertiary/aromatic N) is 2. The summed E-state index contributed by atoms with van der Waals surface area (Å²) >= 11 is 0. The van der Waals surface area contributed by atoms with E-state index in [1.165, 1.54) is 12.1 Å². The fourth-order valence-corrected chi connectivity index (χ4v) is 2.40. The number of benzene rings is 1. The maximum Gasteiger partial charge on any atom is 0.271 e. The Balaban J connectivity index is 2.71. The lowest BCUT2D eigenvalue weighted by molar-refractivity contribution is -0.133. The molecule has 0 aliphatic rings. The van der Waals surface area contributed by atoms with Gasteiger partial charge in [-0.25, -0.2) is 5.43 Å². The summed E-state index contributed by atoms with van der Waals surface area (Å²) in [6.45, 7) is 9.45. The first-order valence-electron chi connectivity index (χ1n) is 7.80. The Morgan fingerprint density at radius 2 is 1.71 bits per heavy atom. The summed E-state index contributed by atoms with van der Waals surface area (Å²) < 4.78 is 0.